The highest BCUT2D eigenvalue weighted by molar-refractivity contribution is 5.87. The van der Waals surface area contributed by atoms with Crippen LogP contribution in [0.1, 0.15) is 28.3 Å². The molecule has 1 atom stereocenters. The number of hydrogen-bond donors (Lipinski definition) is 0. The molecular formula is C26H23NO. The van der Waals surface area contributed by atoms with Gasteiger partial charge in [0.2, 0.25) is 0 Å². The smallest absolute Gasteiger partial charge is 0.118 e. The SMILES string of the molecule is COc1ccc(C(C#Cc2ccccc2)c2c(C)n(C)c3ccccc23)cc1. The molecule has 2 nitrogen and oxygen atoms in total. The number of aromatic nitrogens is 1. The van der Waals surface area contributed by atoms with Crippen LogP contribution in [0.2, 0.25) is 0 Å². The Hall–Kier alpha value is -3.44. The van der Waals surface area contributed by atoms with Crippen LogP contribution >= 0.6 is 0 Å². The lowest BCUT2D eigenvalue weighted by Crippen LogP contribution is -2.02. The van der Waals surface area contributed by atoms with Gasteiger partial charge in [-0.3, -0.25) is 0 Å². The zero-order chi connectivity index (χ0) is 19.5. The number of para-hydroxylation sites is 1. The van der Waals surface area contributed by atoms with E-state index in [1.54, 1.807) is 7.11 Å². The van der Waals surface area contributed by atoms with Crippen LogP contribution < -0.4 is 4.74 Å². The lowest BCUT2D eigenvalue weighted by Gasteiger charge is -2.14. The van der Waals surface area contributed by atoms with Crippen LogP contribution in [0.3, 0.4) is 0 Å². The second kappa shape index (κ2) is 7.66. The Morgan fingerprint density at radius 2 is 1.54 bits per heavy atom. The predicted molar refractivity (Wildman–Crippen MR) is 116 cm³/mol. The van der Waals surface area contributed by atoms with Crippen LogP contribution in [0.5, 0.6) is 5.75 Å². The average Bonchev–Trinajstić information content (AvgIpc) is 3.00. The lowest BCUT2D eigenvalue weighted by molar-refractivity contribution is 0.414. The highest BCUT2D eigenvalue weighted by Crippen LogP contribution is 2.35. The Kier molecular flexibility index (Phi) is 4.91. The predicted octanol–water partition coefficient (Wildman–Crippen LogP) is 5.68. The number of methoxy groups -OCH3 is 1. The van der Waals surface area contributed by atoms with E-state index >= 15 is 0 Å². The third-order valence-electron chi connectivity index (χ3n) is 5.32. The van der Waals surface area contributed by atoms with E-state index in [1.165, 1.54) is 27.7 Å². The Labute approximate surface area is 166 Å². The average molecular weight is 365 g/mol. The summed E-state index contributed by atoms with van der Waals surface area (Å²) in [7, 11) is 3.81. The number of hydrogen-bond acceptors (Lipinski definition) is 1. The molecule has 138 valence electrons. The molecule has 0 saturated heterocycles. The van der Waals surface area contributed by atoms with Crippen LogP contribution in [0, 0.1) is 18.8 Å². The molecule has 0 spiro atoms. The molecule has 4 rings (SSSR count). The van der Waals surface area contributed by atoms with Crippen molar-refractivity contribution in [3.63, 3.8) is 0 Å². The minimum Gasteiger partial charge on any atom is -0.497 e. The molecule has 1 unspecified atom stereocenters. The van der Waals surface area contributed by atoms with Crippen molar-refractivity contribution in [2.45, 2.75) is 12.8 Å². The van der Waals surface area contributed by atoms with Gasteiger partial charge in [0.25, 0.3) is 0 Å². The van der Waals surface area contributed by atoms with Crippen LogP contribution in [0.4, 0.5) is 0 Å². The Morgan fingerprint density at radius 3 is 2.25 bits per heavy atom. The molecule has 0 aliphatic heterocycles. The second-order valence-corrected chi connectivity index (χ2v) is 6.92. The van der Waals surface area contributed by atoms with Gasteiger partial charge in [0, 0.05) is 34.8 Å². The van der Waals surface area contributed by atoms with Crippen molar-refractivity contribution >= 4 is 10.9 Å². The molecule has 1 aromatic heterocycles. The maximum absolute atomic E-state index is 5.34. The molecule has 0 amide bonds. The van der Waals surface area contributed by atoms with E-state index in [2.05, 4.69) is 66.8 Å². The van der Waals surface area contributed by atoms with Gasteiger partial charge in [-0.1, -0.05) is 60.4 Å². The molecule has 0 fully saturated rings. The first-order valence-corrected chi connectivity index (χ1v) is 9.43. The first kappa shape index (κ1) is 17.9. The van der Waals surface area contributed by atoms with Gasteiger partial charge in [0.05, 0.1) is 13.0 Å². The monoisotopic (exact) mass is 365 g/mol. The molecule has 28 heavy (non-hydrogen) atoms. The molecule has 4 aromatic rings. The summed E-state index contributed by atoms with van der Waals surface area (Å²) < 4.78 is 7.60. The van der Waals surface area contributed by atoms with Gasteiger partial charge in [0.1, 0.15) is 5.75 Å². The molecule has 0 saturated carbocycles. The molecule has 0 bridgehead atoms. The summed E-state index contributed by atoms with van der Waals surface area (Å²) in [6, 6.07) is 27.0. The summed E-state index contributed by atoms with van der Waals surface area (Å²) in [5.74, 6) is 7.77. The van der Waals surface area contributed by atoms with Crippen molar-refractivity contribution in [3.8, 4) is 17.6 Å². The number of aryl methyl sites for hydroxylation is 1. The molecule has 1 heterocycles. The molecule has 0 radical (unpaired) electrons. The Bertz CT molecular complexity index is 1160. The minimum absolute atomic E-state index is 0.0165. The number of ether oxygens (including phenoxy) is 1. The first-order chi connectivity index (χ1) is 13.7. The van der Waals surface area contributed by atoms with Gasteiger partial charge in [-0.05, 0) is 42.8 Å². The van der Waals surface area contributed by atoms with Crippen LogP contribution in [-0.4, -0.2) is 11.7 Å². The van der Waals surface area contributed by atoms with E-state index in [1.807, 2.05) is 42.5 Å². The maximum atomic E-state index is 5.34. The fourth-order valence-corrected chi connectivity index (χ4v) is 3.71. The van der Waals surface area contributed by atoms with Crippen LogP contribution in [-0.2, 0) is 7.05 Å². The van der Waals surface area contributed by atoms with Gasteiger partial charge in [-0.2, -0.15) is 0 Å². The molecule has 0 aliphatic carbocycles. The summed E-state index contributed by atoms with van der Waals surface area (Å²) in [6.45, 7) is 2.18. The summed E-state index contributed by atoms with van der Waals surface area (Å²) in [4.78, 5) is 0. The molecule has 2 heteroatoms. The van der Waals surface area contributed by atoms with Crippen LogP contribution in [0.25, 0.3) is 10.9 Å². The normalized spacial score (nSPS) is 11.7. The van der Waals surface area contributed by atoms with E-state index in [0.29, 0.717) is 0 Å². The van der Waals surface area contributed by atoms with Crippen LogP contribution in [0.15, 0.2) is 78.9 Å². The number of benzene rings is 3. The number of rotatable bonds is 3. The van der Waals surface area contributed by atoms with Crippen molar-refractivity contribution in [2.75, 3.05) is 7.11 Å². The van der Waals surface area contributed by atoms with Crippen molar-refractivity contribution in [1.29, 1.82) is 0 Å². The standard InChI is InChI=1S/C26H23NO/c1-19-26(24-11-7-8-12-25(24)27(19)2)23(18-13-20-9-5-4-6-10-20)21-14-16-22(28-3)17-15-21/h4-12,14-17,23H,1-3H3. The van der Waals surface area contributed by atoms with Gasteiger partial charge in [-0.25, -0.2) is 0 Å². The highest BCUT2D eigenvalue weighted by Gasteiger charge is 2.21. The highest BCUT2D eigenvalue weighted by atomic mass is 16.5. The van der Waals surface area contributed by atoms with Gasteiger partial charge < -0.3 is 9.30 Å². The Morgan fingerprint density at radius 1 is 0.857 bits per heavy atom. The summed E-state index contributed by atoms with van der Waals surface area (Å²) in [6.07, 6.45) is 0. The maximum Gasteiger partial charge on any atom is 0.118 e. The fraction of sp³-hybridized carbons (Fsp3) is 0.154. The van der Waals surface area contributed by atoms with Gasteiger partial charge >= 0.3 is 0 Å². The molecule has 3 aromatic carbocycles. The van der Waals surface area contributed by atoms with Crippen molar-refractivity contribution < 1.29 is 4.74 Å². The number of fused-ring (bicyclic) bond motifs is 1. The van der Waals surface area contributed by atoms with Crippen molar-refractivity contribution in [1.82, 2.24) is 4.57 Å². The zero-order valence-corrected chi connectivity index (χ0v) is 16.4. The minimum atomic E-state index is -0.0165. The van der Waals surface area contributed by atoms with E-state index in [-0.39, 0.29) is 5.92 Å². The van der Waals surface area contributed by atoms with E-state index in [0.717, 1.165) is 11.3 Å². The third kappa shape index (κ3) is 3.28. The Balaban J connectivity index is 1.91. The van der Waals surface area contributed by atoms with Gasteiger partial charge in [-0.15, -0.1) is 0 Å². The summed E-state index contributed by atoms with van der Waals surface area (Å²) in [5, 5.41) is 1.26. The summed E-state index contributed by atoms with van der Waals surface area (Å²) in [5.41, 5.74) is 5.94. The van der Waals surface area contributed by atoms with E-state index in [9.17, 15) is 0 Å². The largest absolute Gasteiger partial charge is 0.497 e. The molecular weight excluding hydrogens is 342 g/mol. The summed E-state index contributed by atoms with van der Waals surface area (Å²) >= 11 is 0. The number of nitrogens with zero attached hydrogens (tertiary/aromatic N) is 1. The second-order valence-electron chi connectivity index (χ2n) is 6.92. The topological polar surface area (TPSA) is 14.2 Å². The van der Waals surface area contributed by atoms with Crippen molar-refractivity contribution in [3.05, 3.63) is 101 Å². The molecule has 0 N–H and O–H groups in total. The zero-order valence-electron chi connectivity index (χ0n) is 16.4. The third-order valence-corrected chi connectivity index (χ3v) is 5.32. The first-order valence-electron chi connectivity index (χ1n) is 9.43. The van der Waals surface area contributed by atoms with Gasteiger partial charge in [0.15, 0.2) is 0 Å². The van der Waals surface area contributed by atoms with E-state index in [4.69, 9.17) is 4.74 Å². The lowest BCUT2D eigenvalue weighted by atomic mass is 9.89. The fourth-order valence-electron chi connectivity index (χ4n) is 3.71. The quantitative estimate of drug-likeness (QED) is 0.426. The van der Waals surface area contributed by atoms with Crippen molar-refractivity contribution in [2.24, 2.45) is 7.05 Å². The van der Waals surface area contributed by atoms with E-state index < -0.39 is 0 Å². The molecule has 0 aliphatic rings.